The molecule has 1 aromatic carbocycles. The highest BCUT2D eigenvalue weighted by Crippen LogP contribution is 2.25. The van der Waals surface area contributed by atoms with Crippen molar-refractivity contribution in [2.45, 2.75) is 13.3 Å². The summed E-state index contributed by atoms with van der Waals surface area (Å²) in [4.78, 5) is 23.2. The Morgan fingerprint density at radius 2 is 2.23 bits per heavy atom. The van der Waals surface area contributed by atoms with Crippen molar-refractivity contribution in [2.24, 2.45) is 5.10 Å². The number of phenols is 1. The van der Waals surface area contributed by atoms with Crippen LogP contribution in [0.5, 0.6) is 11.5 Å². The molecule has 0 spiro atoms. The van der Waals surface area contributed by atoms with Crippen LogP contribution >= 0.6 is 0 Å². The monoisotopic (exact) mass is 304 g/mol. The minimum Gasteiger partial charge on any atom is -0.504 e. The van der Waals surface area contributed by atoms with Crippen LogP contribution in [0.3, 0.4) is 0 Å². The Labute approximate surface area is 125 Å². The average Bonchev–Trinajstić information content (AvgIpc) is 2.81. The smallest absolute Gasteiger partial charge is 0.267 e. The normalized spacial score (nSPS) is 10.8. The zero-order chi connectivity index (χ0) is 16.1. The van der Waals surface area contributed by atoms with Gasteiger partial charge in [0.2, 0.25) is 5.91 Å². The first-order valence-corrected chi connectivity index (χ1v) is 6.46. The molecule has 1 aromatic heterocycles. The predicted molar refractivity (Wildman–Crippen MR) is 80.2 cm³/mol. The van der Waals surface area contributed by atoms with Gasteiger partial charge in [-0.2, -0.15) is 5.10 Å². The lowest BCUT2D eigenvalue weighted by Crippen LogP contribution is -2.23. The van der Waals surface area contributed by atoms with E-state index in [1.807, 2.05) is 0 Å². The van der Waals surface area contributed by atoms with Gasteiger partial charge in [-0.25, -0.2) is 5.43 Å². The van der Waals surface area contributed by atoms with E-state index in [0.29, 0.717) is 22.6 Å². The third-order valence-electron chi connectivity index (χ3n) is 3.03. The van der Waals surface area contributed by atoms with Gasteiger partial charge in [-0.3, -0.25) is 14.7 Å². The number of hydrogen-bond donors (Lipinski definition) is 4. The Morgan fingerprint density at radius 3 is 2.86 bits per heavy atom. The summed E-state index contributed by atoms with van der Waals surface area (Å²) in [6.45, 7) is 1.70. The van der Waals surface area contributed by atoms with Crippen LogP contribution in [-0.2, 0) is 11.2 Å². The number of carbonyl (C=O) groups excluding carboxylic acids is 1. The second-order valence-electron chi connectivity index (χ2n) is 4.58. The lowest BCUT2D eigenvalue weighted by atomic mass is 10.2. The summed E-state index contributed by atoms with van der Waals surface area (Å²) in [5, 5.41) is 18.3. The van der Waals surface area contributed by atoms with Gasteiger partial charge in [-0.15, -0.1) is 0 Å². The van der Waals surface area contributed by atoms with Crippen LogP contribution < -0.4 is 15.7 Å². The second-order valence-corrected chi connectivity index (χ2v) is 4.58. The van der Waals surface area contributed by atoms with Crippen LogP contribution in [0, 0.1) is 6.92 Å². The van der Waals surface area contributed by atoms with Crippen LogP contribution in [0.2, 0.25) is 0 Å². The number of rotatable bonds is 5. The number of hydrazone groups is 1. The molecule has 0 fully saturated rings. The van der Waals surface area contributed by atoms with E-state index < -0.39 is 5.91 Å². The average molecular weight is 304 g/mol. The van der Waals surface area contributed by atoms with Crippen molar-refractivity contribution in [3.05, 3.63) is 45.4 Å². The Balaban J connectivity index is 1.97. The third kappa shape index (κ3) is 3.54. The molecule has 4 N–H and O–H groups in total. The van der Waals surface area contributed by atoms with Gasteiger partial charge in [0.25, 0.3) is 5.56 Å². The number of aromatic hydroxyl groups is 1. The van der Waals surface area contributed by atoms with E-state index in [1.54, 1.807) is 19.1 Å². The summed E-state index contributed by atoms with van der Waals surface area (Å²) in [6.07, 6.45) is 1.34. The van der Waals surface area contributed by atoms with E-state index in [2.05, 4.69) is 20.7 Å². The summed E-state index contributed by atoms with van der Waals surface area (Å²) < 4.78 is 4.97. The SMILES string of the molecule is COc1cc(/C=N\NC(=O)Cc2c(C)[nH][nH]c2=O)ccc1O. The molecule has 1 amide bonds. The van der Waals surface area contributed by atoms with Crippen molar-refractivity contribution in [3.8, 4) is 11.5 Å². The van der Waals surface area contributed by atoms with E-state index in [4.69, 9.17) is 4.74 Å². The van der Waals surface area contributed by atoms with Crippen molar-refractivity contribution in [3.63, 3.8) is 0 Å². The first-order valence-electron chi connectivity index (χ1n) is 6.46. The van der Waals surface area contributed by atoms with Gasteiger partial charge in [0.15, 0.2) is 11.5 Å². The molecule has 0 aliphatic carbocycles. The topological polar surface area (TPSA) is 120 Å². The number of hydrogen-bond acceptors (Lipinski definition) is 5. The van der Waals surface area contributed by atoms with Crippen molar-refractivity contribution < 1.29 is 14.6 Å². The number of ether oxygens (including phenoxy) is 1. The number of phenolic OH excluding ortho intramolecular Hbond substituents is 1. The molecule has 0 unspecified atom stereocenters. The first-order chi connectivity index (χ1) is 10.5. The highest BCUT2D eigenvalue weighted by Gasteiger charge is 2.10. The van der Waals surface area contributed by atoms with Crippen molar-refractivity contribution in [2.75, 3.05) is 7.11 Å². The first kappa shape index (κ1) is 15.4. The van der Waals surface area contributed by atoms with E-state index in [-0.39, 0.29) is 17.7 Å². The molecule has 116 valence electrons. The van der Waals surface area contributed by atoms with Gasteiger partial charge in [-0.1, -0.05) is 0 Å². The number of benzene rings is 1. The van der Waals surface area contributed by atoms with Crippen molar-refractivity contribution in [1.29, 1.82) is 0 Å². The van der Waals surface area contributed by atoms with Crippen molar-refractivity contribution in [1.82, 2.24) is 15.6 Å². The fraction of sp³-hybridized carbons (Fsp3) is 0.214. The molecule has 0 saturated heterocycles. The maximum absolute atomic E-state index is 11.7. The number of aryl methyl sites for hydroxylation is 1. The van der Waals surface area contributed by atoms with E-state index in [1.165, 1.54) is 19.4 Å². The maximum Gasteiger partial charge on any atom is 0.267 e. The van der Waals surface area contributed by atoms with Crippen LogP contribution in [-0.4, -0.2) is 34.5 Å². The summed E-state index contributed by atoms with van der Waals surface area (Å²) >= 11 is 0. The summed E-state index contributed by atoms with van der Waals surface area (Å²) in [7, 11) is 1.44. The summed E-state index contributed by atoms with van der Waals surface area (Å²) in [5.41, 5.74) is 3.65. The number of aromatic amines is 2. The van der Waals surface area contributed by atoms with Crippen LogP contribution in [0.25, 0.3) is 0 Å². The molecule has 8 heteroatoms. The van der Waals surface area contributed by atoms with Crippen molar-refractivity contribution >= 4 is 12.1 Å². The molecular weight excluding hydrogens is 288 g/mol. The van der Waals surface area contributed by atoms with Crippen LogP contribution in [0.4, 0.5) is 0 Å². The number of carbonyl (C=O) groups is 1. The van der Waals surface area contributed by atoms with E-state index in [9.17, 15) is 14.7 Å². The highest BCUT2D eigenvalue weighted by molar-refractivity contribution is 5.84. The second kappa shape index (κ2) is 6.61. The minimum absolute atomic E-state index is 0.0193. The number of nitrogens with zero attached hydrogens (tertiary/aromatic N) is 1. The molecule has 0 aliphatic rings. The molecule has 0 radical (unpaired) electrons. The number of methoxy groups -OCH3 is 1. The minimum atomic E-state index is -0.407. The third-order valence-corrected chi connectivity index (χ3v) is 3.03. The zero-order valence-corrected chi connectivity index (χ0v) is 12.1. The predicted octanol–water partition coefficient (Wildman–Crippen LogP) is 0.418. The summed E-state index contributed by atoms with van der Waals surface area (Å²) in [5.74, 6) is -0.0780. The number of amides is 1. The molecule has 2 rings (SSSR count). The Morgan fingerprint density at radius 1 is 1.45 bits per heavy atom. The zero-order valence-electron chi connectivity index (χ0n) is 12.1. The molecule has 1 heterocycles. The number of H-pyrrole nitrogens is 2. The van der Waals surface area contributed by atoms with Crippen LogP contribution in [0.15, 0.2) is 28.1 Å². The Bertz CT molecular complexity index is 760. The largest absolute Gasteiger partial charge is 0.504 e. The van der Waals surface area contributed by atoms with Gasteiger partial charge < -0.3 is 14.9 Å². The highest BCUT2D eigenvalue weighted by atomic mass is 16.5. The van der Waals surface area contributed by atoms with Gasteiger partial charge in [0.1, 0.15) is 0 Å². The van der Waals surface area contributed by atoms with Crippen LogP contribution in [0.1, 0.15) is 16.8 Å². The lowest BCUT2D eigenvalue weighted by Gasteiger charge is -2.03. The molecule has 0 saturated carbocycles. The molecular formula is C14H16N4O4. The van der Waals surface area contributed by atoms with Gasteiger partial charge in [0, 0.05) is 11.3 Å². The molecule has 2 aromatic rings. The molecule has 8 nitrogen and oxygen atoms in total. The van der Waals surface area contributed by atoms with E-state index in [0.717, 1.165) is 0 Å². The van der Waals surface area contributed by atoms with Gasteiger partial charge in [-0.05, 0) is 30.7 Å². The standard InChI is InChI=1S/C14H16N4O4/c1-8-10(14(21)18-16-8)6-13(20)17-15-7-9-3-4-11(19)12(5-9)22-2/h3-5,7,19H,6H2,1-2H3,(H,17,20)(H2,16,18,21)/b15-7-. The lowest BCUT2D eigenvalue weighted by molar-refractivity contribution is -0.120. The fourth-order valence-corrected chi connectivity index (χ4v) is 1.84. The number of aromatic nitrogens is 2. The quantitative estimate of drug-likeness (QED) is 0.472. The Kier molecular flexibility index (Phi) is 4.62. The Hall–Kier alpha value is -3.03. The molecule has 0 atom stereocenters. The molecule has 0 bridgehead atoms. The molecule has 0 aliphatic heterocycles. The van der Waals surface area contributed by atoms with Gasteiger partial charge in [0.05, 0.1) is 19.7 Å². The molecule has 22 heavy (non-hydrogen) atoms. The van der Waals surface area contributed by atoms with Gasteiger partial charge >= 0.3 is 0 Å². The fourth-order valence-electron chi connectivity index (χ4n) is 1.84. The van der Waals surface area contributed by atoms with E-state index >= 15 is 0 Å². The number of nitrogens with one attached hydrogen (secondary N) is 3. The maximum atomic E-state index is 11.7. The summed E-state index contributed by atoms with van der Waals surface area (Å²) in [6, 6.07) is 4.66.